The summed E-state index contributed by atoms with van der Waals surface area (Å²) in [5.74, 6) is 0.0528. The Balaban J connectivity index is 2.09. The first-order valence-electron chi connectivity index (χ1n) is 10.4. The van der Waals surface area contributed by atoms with Gasteiger partial charge in [-0.2, -0.15) is 16.5 Å². The van der Waals surface area contributed by atoms with Gasteiger partial charge in [0.2, 0.25) is 21.8 Å². The molecule has 0 heterocycles. The van der Waals surface area contributed by atoms with Crippen LogP contribution >= 0.6 is 11.8 Å². The first kappa shape index (κ1) is 26.7. The van der Waals surface area contributed by atoms with Crippen molar-refractivity contribution in [1.29, 1.82) is 0 Å². The van der Waals surface area contributed by atoms with Gasteiger partial charge in [-0.1, -0.05) is 18.2 Å². The average Bonchev–Trinajstić information content (AvgIpc) is 2.76. The summed E-state index contributed by atoms with van der Waals surface area (Å²) in [6.45, 7) is 5.08. The number of aryl methyl sites for hydroxylation is 3. The van der Waals surface area contributed by atoms with Crippen LogP contribution in [0.4, 0.5) is 5.69 Å². The van der Waals surface area contributed by atoms with Gasteiger partial charge >= 0.3 is 0 Å². The predicted molar refractivity (Wildman–Crippen MR) is 132 cm³/mol. The lowest BCUT2D eigenvalue weighted by molar-refractivity contribution is -0.125. The average molecular weight is 494 g/mol. The molecule has 0 spiro atoms. The van der Waals surface area contributed by atoms with Crippen molar-refractivity contribution in [3.8, 4) is 5.75 Å². The number of sulfonamides is 1. The first-order valence-corrected chi connectivity index (χ1v) is 13.3. The number of ether oxygens (including phenoxy) is 1. The number of methoxy groups -OCH3 is 1. The van der Waals surface area contributed by atoms with Crippen LogP contribution in [0.2, 0.25) is 0 Å². The van der Waals surface area contributed by atoms with E-state index >= 15 is 0 Å². The van der Waals surface area contributed by atoms with Crippen molar-refractivity contribution in [2.24, 2.45) is 0 Å². The van der Waals surface area contributed by atoms with E-state index < -0.39 is 27.9 Å². The summed E-state index contributed by atoms with van der Waals surface area (Å²) in [4.78, 5) is 25.3. The minimum Gasteiger partial charge on any atom is -0.495 e. The van der Waals surface area contributed by atoms with Gasteiger partial charge in [0.05, 0.1) is 24.2 Å². The smallest absolute Gasteiger partial charge is 0.243 e. The second kappa shape index (κ2) is 12.1. The van der Waals surface area contributed by atoms with Gasteiger partial charge in [0, 0.05) is 0 Å². The molecule has 2 aromatic rings. The number of carbonyl (C=O) groups is 2. The van der Waals surface area contributed by atoms with Crippen molar-refractivity contribution in [2.75, 3.05) is 31.0 Å². The van der Waals surface area contributed by atoms with Gasteiger partial charge in [0.25, 0.3) is 0 Å². The minimum atomic E-state index is -3.93. The van der Waals surface area contributed by atoms with E-state index in [1.165, 1.54) is 18.9 Å². The molecule has 0 radical (unpaired) electrons. The van der Waals surface area contributed by atoms with Gasteiger partial charge < -0.3 is 15.4 Å². The molecule has 0 aromatic heterocycles. The second-order valence-corrected chi connectivity index (χ2v) is 10.4. The molecule has 0 saturated carbocycles. The molecule has 8 nitrogen and oxygen atoms in total. The predicted octanol–water partition coefficient (Wildman–Crippen LogP) is 2.78. The molecular formula is C23H31N3O5S2. The first-order chi connectivity index (χ1) is 15.6. The van der Waals surface area contributed by atoms with E-state index in [0.717, 1.165) is 11.1 Å². The standard InChI is InChI=1S/C23H31N3O5S2/c1-15-7-9-20(31-4)19(12-15)25-22(27)14-24-23(28)18(10-11-32-5)26-33(29,30)21-13-16(2)6-8-17(21)3/h6-9,12-13,18,26H,10-11,14H2,1-5H3,(H,24,28)(H,25,27). The zero-order chi connectivity index (χ0) is 24.6. The number of carbonyl (C=O) groups excluding carboxylic acids is 2. The number of benzene rings is 2. The van der Waals surface area contributed by atoms with Crippen LogP contribution in [0.1, 0.15) is 23.1 Å². The third-order valence-corrected chi connectivity index (χ3v) is 7.17. The van der Waals surface area contributed by atoms with E-state index in [4.69, 9.17) is 4.74 Å². The van der Waals surface area contributed by atoms with Crippen LogP contribution in [0.5, 0.6) is 5.75 Å². The highest BCUT2D eigenvalue weighted by Crippen LogP contribution is 2.25. The molecule has 0 aliphatic heterocycles. The number of rotatable bonds is 11. The van der Waals surface area contributed by atoms with Crippen LogP contribution in [0.15, 0.2) is 41.3 Å². The van der Waals surface area contributed by atoms with Gasteiger partial charge in [-0.25, -0.2) is 8.42 Å². The Morgan fingerprint density at radius 2 is 1.73 bits per heavy atom. The SMILES string of the molecule is COc1ccc(C)cc1NC(=O)CNC(=O)C(CCSC)NS(=O)(=O)c1cc(C)ccc1C. The summed E-state index contributed by atoms with van der Waals surface area (Å²) in [7, 11) is -2.43. The normalized spacial score (nSPS) is 12.2. The lowest BCUT2D eigenvalue weighted by Crippen LogP contribution is -2.48. The van der Waals surface area contributed by atoms with Crippen molar-refractivity contribution in [2.45, 2.75) is 38.1 Å². The van der Waals surface area contributed by atoms with Crippen LogP contribution in [0.25, 0.3) is 0 Å². The summed E-state index contributed by atoms with van der Waals surface area (Å²) in [5.41, 5.74) is 2.82. The van der Waals surface area contributed by atoms with Crippen LogP contribution in [0, 0.1) is 20.8 Å². The van der Waals surface area contributed by atoms with Crippen molar-refractivity contribution in [1.82, 2.24) is 10.0 Å². The lowest BCUT2D eigenvalue weighted by Gasteiger charge is -2.19. The molecule has 33 heavy (non-hydrogen) atoms. The van der Waals surface area contributed by atoms with Crippen LogP contribution < -0.4 is 20.1 Å². The van der Waals surface area contributed by atoms with Gasteiger partial charge in [0.15, 0.2) is 0 Å². The maximum atomic E-state index is 13.0. The number of hydrogen-bond acceptors (Lipinski definition) is 6. The zero-order valence-electron chi connectivity index (χ0n) is 19.5. The van der Waals surface area contributed by atoms with Crippen LogP contribution in [-0.2, 0) is 19.6 Å². The number of nitrogens with one attached hydrogen (secondary N) is 3. The Morgan fingerprint density at radius 1 is 1.06 bits per heavy atom. The fraction of sp³-hybridized carbons (Fsp3) is 0.391. The summed E-state index contributed by atoms with van der Waals surface area (Å²) in [6.07, 6.45) is 2.15. The number of anilines is 1. The van der Waals surface area contributed by atoms with Crippen LogP contribution in [-0.4, -0.2) is 51.9 Å². The Labute approximate surface area is 199 Å². The van der Waals surface area contributed by atoms with Crippen molar-refractivity contribution in [3.63, 3.8) is 0 Å². The highest BCUT2D eigenvalue weighted by Gasteiger charge is 2.27. The molecule has 0 fully saturated rings. The summed E-state index contributed by atoms with van der Waals surface area (Å²) in [6, 6.07) is 9.48. The fourth-order valence-corrected chi connectivity index (χ4v) is 5.16. The number of amides is 2. The quantitative estimate of drug-likeness (QED) is 0.444. The van der Waals surface area contributed by atoms with Crippen molar-refractivity contribution >= 4 is 39.3 Å². The molecule has 0 bridgehead atoms. The molecule has 3 N–H and O–H groups in total. The topological polar surface area (TPSA) is 114 Å². The van der Waals surface area contributed by atoms with Crippen LogP contribution in [0.3, 0.4) is 0 Å². The molecule has 10 heteroatoms. The van der Waals surface area contributed by atoms with Gasteiger partial charge in [-0.15, -0.1) is 0 Å². The van der Waals surface area contributed by atoms with Gasteiger partial charge in [0.1, 0.15) is 11.8 Å². The Kier molecular flexibility index (Phi) is 9.75. The van der Waals surface area contributed by atoms with Crippen molar-refractivity contribution < 1.29 is 22.7 Å². The highest BCUT2D eigenvalue weighted by atomic mass is 32.2. The Bertz CT molecular complexity index is 1100. The molecular weight excluding hydrogens is 462 g/mol. The van der Waals surface area contributed by atoms with Crippen molar-refractivity contribution in [3.05, 3.63) is 53.1 Å². The number of thioether (sulfide) groups is 1. The maximum Gasteiger partial charge on any atom is 0.243 e. The lowest BCUT2D eigenvalue weighted by atomic mass is 10.2. The van der Waals surface area contributed by atoms with E-state index in [2.05, 4.69) is 15.4 Å². The third kappa shape index (κ3) is 7.76. The molecule has 1 atom stereocenters. The molecule has 2 aromatic carbocycles. The number of hydrogen-bond donors (Lipinski definition) is 3. The zero-order valence-corrected chi connectivity index (χ0v) is 21.2. The molecule has 0 aliphatic rings. The molecule has 0 aliphatic carbocycles. The monoisotopic (exact) mass is 493 g/mol. The van der Waals surface area contributed by atoms with Gasteiger partial charge in [-0.3, -0.25) is 9.59 Å². The molecule has 0 saturated heterocycles. The van der Waals surface area contributed by atoms with E-state index in [9.17, 15) is 18.0 Å². The highest BCUT2D eigenvalue weighted by molar-refractivity contribution is 7.98. The fourth-order valence-electron chi connectivity index (χ4n) is 3.13. The van der Waals surface area contributed by atoms with E-state index in [-0.39, 0.29) is 17.9 Å². The minimum absolute atomic E-state index is 0.133. The summed E-state index contributed by atoms with van der Waals surface area (Å²) in [5, 5.41) is 5.24. The van der Waals surface area contributed by atoms with E-state index in [1.807, 2.05) is 25.3 Å². The third-order valence-electron chi connectivity index (χ3n) is 4.91. The molecule has 180 valence electrons. The maximum absolute atomic E-state index is 13.0. The Morgan fingerprint density at radius 3 is 2.39 bits per heavy atom. The largest absolute Gasteiger partial charge is 0.495 e. The van der Waals surface area contributed by atoms with E-state index in [0.29, 0.717) is 22.8 Å². The second-order valence-electron chi connectivity index (χ2n) is 7.69. The Hall–Kier alpha value is -2.56. The summed E-state index contributed by atoms with van der Waals surface area (Å²) >= 11 is 1.50. The molecule has 2 rings (SSSR count). The molecule has 2 amide bonds. The summed E-state index contributed by atoms with van der Waals surface area (Å²) < 4.78 is 33.7. The van der Waals surface area contributed by atoms with Gasteiger partial charge in [-0.05, 0) is 74.1 Å². The van der Waals surface area contributed by atoms with E-state index in [1.54, 1.807) is 38.1 Å². The molecule has 1 unspecified atom stereocenters.